The summed E-state index contributed by atoms with van der Waals surface area (Å²) >= 11 is 5.99. The topological polar surface area (TPSA) is 50.2 Å². The fourth-order valence-electron chi connectivity index (χ4n) is 1.47. The van der Waals surface area contributed by atoms with Crippen molar-refractivity contribution in [3.63, 3.8) is 0 Å². The second-order valence-electron chi connectivity index (χ2n) is 3.21. The molecule has 0 amide bonds. The predicted octanol–water partition coefficient (Wildman–Crippen LogP) is 2.99. The van der Waals surface area contributed by atoms with Crippen LogP contribution in [0.4, 0.5) is 0 Å². The molecule has 1 aromatic carbocycles. The summed E-state index contributed by atoms with van der Waals surface area (Å²) in [6.45, 7) is 0. The Morgan fingerprint density at radius 3 is 2.94 bits per heavy atom. The van der Waals surface area contributed by atoms with Gasteiger partial charge in [0.25, 0.3) is 0 Å². The number of pyridine rings is 1. The molecule has 1 aromatic heterocycles. The van der Waals surface area contributed by atoms with Crippen LogP contribution in [0.15, 0.2) is 36.5 Å². The van der Waals surface area contributed by atoms with Crippen molar-refractivity contribution in [1.29, 1.82) is 0 Å². The van der Waals surface area contributed by atoms with Gasteiger partial charge < -0.3 is 5.11 Å². The first kappa shape index (κ1) is 10.6. The zero-order valence-corrected chi connectivity index (χ0v) is 8.98. The first-order valence-corrected chi connectivity index (χ1v) is 5.00. The van der Waals surface area contributed by atoms with Gasteiger partial charge in [0.2, 0.25) is 0 Å². The summed E-state index contributed by atoms with van der Waals surface area (Å²) in [7, 11) is 0. The summed E-state index contributed by atoms with van der Waals surface area (Å²) in [6.07, 6.45) is 4.23. The Morgan fingerprint density at radius 2 is 2.19 bits per heavy atom. The van der Waals surface area contributed by atoms with Gasteiger partial charge in [-0.05, 0) is 23.8 Å². The lowest BCUT2D eigenvalue weighted by Gasteiger charge is -2.02. The zero-order chi connectivity index (χ0) is 11.5. The van der Waals surface area contributed by atoms with Crippen molar-refractivity contribution >= 4 is 34.5 Å². The van der Waals surface area contributed by atoms with Gasteiger partial charge in [-0.25, -0.2) is 4.79 Å². The van der Waals surface area contributed by atoms with E-state index in [1.165, 1.54) is 6.08 Å². The van der Waals surface area contributed by atoms with Gasteiger partial charge in [-0.15, -0.1) is 0 Å². The number of carboxylic acid groups (broad SMARTS) is 1. The highest BCUT2D eigenvalue weighted by Crippen LogP contribution is 2.24. The van der Waals surface area contributed by atoms with Crippen LogP contribution in [0.3, 0.4) is 0 Å². The lowest BCUT2D eigenvalue weighted by molar-refractivity contribution is -0.131. The van der Waals surface area contributed by atoms with E-state index >= 15 is 0 Å². The Labute approximate surface area is 97.0 Å². The molecule has 0 fully saturated rings. The molecule has 0 saturated carbocycles. The van der Waals surface area contributed by atoms with Crippen LogP contribution in [0.1, 0.15) is 5.56 Å². The molecular formula is C12H8ClNO2. The maximum Gasteiger partial charge on any atom is 0.328 e. The van der Waals surface area contributed by atoms with Crippen LogP contribution in [0.25, 0.3) is 17.0 Å². The van der Waals surface area contributed by atoms with Crippen molar-refractivity contribution in [2.75, 3.05) is 0 Å². The summed E-state index contributed by atoms with van der Waals surface area (Å²) in [6, 6.07) is 7.17. The zero-order valence-electron chi connectivity index (χ0n) is 8.22. The molecule has 1 N–H and O–H groups in total. The van der Waals surface area contributed by atoms with Crippen LogP contribution in [0.5, 0.6) is 0 Å². The number of rotatable bonds is 2. The molecule has 0 spiro atoms. The maximum absolute atomic E-state index is 10.4. The maximum atomic E-state index is 10.4. The minimum atomic E-state index is -0.980. The Kier molecular flexibility index (Phi) is 2.88. The molecule has 3 nitrogen and oxygen atoms in total. The minimum Gasteiger partial charge on any atom is -0.478 e. The number of carboxylic acids is 1. The normalized spacial score (nSPS) is 11.1. The van der Waals surface area contributed by atoms with Crippen molar-refractivity contribution in [3.8, 4) is 0 Å². The summed E-state index contributed by atoms with van der Waals surface area (Å²) in [5.41, 5.74) is 1.46. The van der Waals surface area contributed by atoms with Crippen molar-refractivity contribution in [2.24, 2.45) is 0 Å². The van der Waals surface area contributed by atoms with E-state index in [-0.39, 0.29) is 0 Å². The second-order valence-corrected chi connectivity index (χ2v) is 3.61. The molecule has 0 unspecified atom stereocenters. The SMILES string of the molecule is O=C(O)C=Cc1ccnc2c(Cl)cccc12. The number of halogens is 1. The van der Waals surface area contributed by atoms with E-state index in [1.807, 2.05) is 12.1 Å². The van der Waals surface area contributed by atoms with Crippen molar-refractivity contribution in [3.05, 3.63) is 47.1 Å². The molecule has 4 heteroatoms. The lowest BCUT2D eigenvalue weighted by Crippen LogP contribution is -1.87. The molecule has 0 radical (unpaired) electrons. The second kappa shape index (κ2) is 4.33. The van der Waals surface area contributed by atoms with Crippen molar-refractivity contribution in [2.45, 2.75) is 0 Å². The Balaban J connectivity index is 2.63. The number of hydrogen-bond donors (Lipinski definition) is 1. The predicted molar refractivity (Wildman–Crippen MR) is 63.4 cm³/mol. The molecule has 0 atom stereocenters. The largest absolute Gasteiger partial charge is 0.478 e. The standard InChI is InChI=1S/C12H8ClNO2/c13-10-3-1-2-9-8(4-5-11(15)16)6-7-14-12(9)10/h1-7H,(H,15,16). The monoisotopic (exact) mass is 233 g/mol. The summed E-state index contributed by atoms with van der Waals surface area (Å²) in [4.78, 5) is 14.6. The third kappa shape index (κ3) is 2.04. The van der Waals surface area contributed by atoms with Crippen LogP contribution < -0.4 is 0 Å². The number of hydrogen-bond acceptors (Lipinski definition) is 2. The van der Waals surface area contributed by atoms with Gasteiger partial charge in [0.05, 0.1) is 10.5 Å². The minimum absolute atomic E-state index is 0.558. The van der Waals surface area contributed by atoms with Crippen LogP contribution in [0.2, 0.25) is 5.02 Å². The number of aromatic nitrogens is 1. The molecule has 2 aromatic rings. The van der Waals surface area contributed by atoms with E-state index in [1.54, 1.807) is 18.3 Å². The van der Waals surface area contributed by atoms with E-state index in [2.05, 4.69) is 4.98 Å². The van der Waals surface area contributed by atoms with Gasteiger partial charge >= 0.3 is 5.97 Å². The Morgan fingerprint density at radius 1 is 1.38 bits per heavy atom. The summed E-state index contributed by atoms with van der Waals surface area (Å²) < 4.78 is 0. The number of para-hydroxylation sites is 1. The number of nitrogens with zero attached hydrogens (tertiary/aromatic N) is 1. The molecule has 80 valence electrons. The van der Waals surface area contributed by atoms with E-state index in [4.69, 9.17) is 16.7 Å². The highest BCUT2D eigenvalue weighted by atomic mass is 35.5. The van der Waals surface area contributed by atoms with Crippen LogP contribution >= 0.6 is 11.6 Å². The highest BCUT2D eigenvalue weighted by molar-refractivity contribution is 6.35. The van der Waals surface area contributed by atoms with E-state index in [0.29, 0.717) is 10.5 Å². The van der Waals surface area contributed by atoms with Crippen molar-refractivity contribution in [1.82, 2.24) is 4.98 Å². The van der Waals surface area contributed by atoms with Gasteiger partial charge in [-0.2, -0.15) is 0 Å². The highest BCUT2D eigenvalue weighted by Gasteiger charge is 2.02. The lowest BCUT2D eigenvalue weighted by atomic mass is 10.1. The van der Waals surface area contributed by atoms with E-state index < -0.39 is 5.97 Å². The number of benzene rings is 1. The molecule has 0 aliphatic rings. The van der Waals surface area contributed by atoms with Crippen LogP contribution in [-0.2, 0) is 4.79 Å². The molecule has 0 bridgehead atoms. The third-order valence-electron chi connectivity index (χ3n) is 2.16. The summed E-state index contributed by atoms with van der Waals surface area (Å²) in [5.74, 6) is -0.980. The quantitative estimate of drug-likeness (QED) is 0.812. The molecule has 0 aliphatic heterocycles. The average molecular weight is 234 g/mol. The van der Waals surface area contributed by atoms with Gasteiger partial charge in [-0.3, -0.25) is 4.98 Å². The Hall–Kier alpha value is -1.87. The number of fused-ring (bicyclic) bond motifs is 1. The molecular weight excluding hydrogens is 226 g/mol. The summed E-state index contributed by atoms with van der Waals surface area (Å²) in [5, 5.41) is 9.97. The number of carbonyl (C=O) groups is 1. The van der Waals surface area contributed by atoms with Crippen LogP contribution in [0, 0.1) is 0 Å². The first-order valence-electron chi connectivity index (χ1n) is 4.63. The molecule has 0 saturated heterocycles. The number of aliphatic carboxylic acids is 1. The van der Waals surface area contributed by atoms with Gasteiger partial charge in [-0.1, -0.05) is 23.7 Å². The van der Waals surface area contributed by atoms with E-state index in [9.17, 15) is 4.79 Å². The third-order valence-corrected chi connectivity index (χ3v) is 2.47. The molecule has 2 rings (SSSR count). The molecule has 16 heavy (non-hydrogen) atoms. The van der Waals surface area contributed by atoms with Gasteiger partial charge in [0, 0.05) is 17.7 Å². The molecule has 1 heterocycles. The van der Waals surface area contributed by atoms with Crippen molar-refractivity contribution < 1.29 is 9.90 Å². The van der Waals surface area contributed by atoms with Gasteiger partial charge in [0.15, 0.2) is 0 Å². The average Bonchev–Trinajstić information content (AvgIpc) is 2.27. The first-order chi connectivity index (χ1) is 7.68. The molecule has 0 aliphatic carbocycles. The Bertz CT molecular complexity index is 578. The fraction of sp³-hybridized carbons (Fsp3) is 0. The smallest absolute Gasteiger partial charge is 0.328 e. The fourth-order valence-corrected chi connectivity index (χ4v) is 1.69. The van der Waals surface area contributed by atoms with E-state index in [0.717, 1.165) is 17.0 Å². The van der Waals surface area contributed by atoms with Crippen LogP contribution in [-0.4, -0.2) is 16.1 Å². The van der Waals surface area contributed by atoms with Gasteiger partial charge in [0.1, 0.15) is 0 Å².